The smallest absolute Gasteiger partial charge is 0.00110 e. The monoisotopic (exact) mass is 125 g/mol. The second-order valence-corrected chi connectivity index (χ2v) is 3.58. The number of fused-ring (bicyclic) bond motifs is 1. The molecular formula is C8H15N. The molecule has 1 aliphatic carbocycles. The Morgan fingerprint density at radius 2 is 2.56 bits per heavy atom. The molecule has 0 radical (unpaired) electrons. The van der Waals surface area contributed by atoms with Crippen LogP contribution in [0.4, 0.5) is 0 Å². The van der Waals surface area contributed by atoms with Crippen LogP contribution in [0.3, 0.4) is 0 Å². The van der Waals surface area contributed by atoms with E-state index in [4.69, 9.17) is 0 Å². The van der Waals surface area contributed by atoms with Crippen LogP contribution in [-0.2, 0) is 0 Å². The number of rotatable bonds is 1. The van der Waals surface area contributed by atoms with E-state index >= 15 is 0 Å². The van der Waals surface area contributed by atoms with Gasteiger partial charge in [-0.05, 0) is 37.1 Å². The van der Waals surface area contributed by atoms with E-state index in [1.807, 2.05) is 0 Å². The fourth-order valence-electron chi connectivity index (χ4n) is 2.39. The molecule has 0 bridgehead atoms. The van der Waals surface area contributed by atoms with Gasteiger partial charge >= 0.3 is 0 Å². The summed E-state index contributed by atoms with van der Waals surface area (Å²) in [5.74, 6) is 1.04. The van der Waals surface area contributed by atoms with Gasteiger partial charge in [-0.3, -0.25) is 0 Å². The van der Waals surface area contributed by atoms with Crippen molar-refractivity contribution >= 4 is 0 Å². The molecule has 0 aromatic carbocycles. The Balaban J connectivity index is 2.10. The Labute approximate surface area is 56.8 Å². The number of hydrogen-bond acceptors (Lipinski definition) is 1. The fraction of sp³-hybridized carbons (Fsp3) is 1.00. The van der Waals surface area contributed by atoms with Gasteiger partial charge in [0.2, 0.25) is 0 Å². The molecule has 0 aromatic rings. The molecule has 1 saturated carbocycles. The first kappa shape index (κ1) is 5.72. The molecule has 1 nitrogen and oxygen atoms in total. The van der Waals surface area contributed by atoms with Crippen LogP contribution in [-0.4, -0.2) is 13.1 Å². The van der Waals surface area contributed by atoms with Gasteiger partial charge in [0.05, 0.1) is 0 Å². The quantitative estimate of drug-likeness (QED) is 0.558. The highest BCUT2D eigenvalue weighted by atomic mass is 15.0. The first-order chi connectivity index (χ1) is 4.37. The van der Waals surface area contributed by atoms with E-state index in [0.717, 1.165) is 11.3 Å². The lowest BCUT2D eigenvalue weighted by molar-refractivity contribution is 0.0812. The molecule has 0 spiro atoms. The third-order valence-corrected chi connectivity index (χ3v) is 3.43. The van der Waals surface area contributed by atoms with Crippen molar-refractivity contribution in [2.75, 3.05) is 13.1 Å². The van der Waals surface area contributed by atoms with Crippen LogP contribution in [0.25, 0.3) is 0 Å². The van der Waals surface area contributed by atoms with Crippen LogP contribution in [0, 0.1) is 11.3 Å². The van der Waals surface area contributed by atoms with Crippen molar-refractivity contribution in [2.24, 2.45) is 11.3 Å². The third-order valence-electron chi connectivity index (χ3n) is 3.43. The lowest BCUT2D eigenvalue weighted by atomic mass is 9.61. The van der Waals surface area contributed by atoms with E-state index in [1.165, 1.54) is 32.4 Å². The Morgan fingerprint density at radius 1 is 1.67 bits per heavy atom. The molecule has 1 saturated heterocycles. The standard InChI is InChI=1S/C8H15N/c1-2-8-4-3-7(8)5-9-6-8/h7,9H,2-6H2,1H3. The Hall–Kier alpha value is -0.0400. The van der Waals surface area contributed by atoms with E-state index < -0.39 is 0 Å². The van der Waals surface area contributed by atoms with E-state index in [-0.39, 0.29) is 0 Å². The lowest BCUT2D eigenvalue weighted by Gasteiger charge is -2.43. The van der Waals surface area contributed by atoms with Crippen LogP contribution in [0.2, 0.25) is 0 Å². The van der Waals surface area contributed by atoms with Crippen molar-refractivity contribution < 1.29 is 0 Å². The summed E-state index contributed by atoms with van der Waals surface area (Å²) in [5, 5.41) is 3.48. The molecule has 1 aliphatic heterocycles. The van der Waals surface area contributed by atoms with Gasteiger partial charge in [-0.15, -0.1) is 0 Å². The van der Waals surface area contributed by atoms with Gasteiger partial charge in [0.25, 0.3) is 0 Å². The summed E-state index contributed by atoms with van der Waals surface area (Å²) in [5.41, 5.74) is 0.764. The molecule has 1 heterocycles. The van der Waals surface area contributed by atoms with Gasteiger partial charge in [0, 0.05) is 6.54 Å². The largest absolute Gasteiger partial charge is 0.316 e. The van der Waals surface area contributed by atoms with Crippen molar-refractivity contribution in [3.05, 3.63) is 0 Å². The molecule has 2 unspecified atom stereocenters. The Bertz CT molecular complexity index is 118. The van der Waals surface area contributed by atoms with Gasteiger partial charge in [-0.2, -0.15) is 0 Å². The molecule has 2 fully saturated rings. The maximum Gasteiger partial charge on any atom is 0.00110 e. The summed E-state index contributed by atoms with van der Waals surface area (Å²) in [4.78, 5) is 0. The average Bonchev–Trinajstić information content (AvgIpc) is 2.10. The summed E-state index contributed by atoms with van der Waals surface area (Å²) < 4.78 is 0. The zero-order valence-corrected chi connectivity index (χ0v) is 6.11. The predicted octanol–water partition coefficient (Wildman–Crippen LogP) is 1.40. The maximum atomic E-state index is 3.48. The van der Waals surface area contributed by atoms with Crippen LogP contribution < -0.4 is 5.32 Å². The normalized spacial score (nSPS) is 48.3. The van der Waals surface area contributed by atoms with Crippen molar-refractivity contribution in [1.29, 1.82) is 0 Å². The predicted molar refractivity (Wildman–Crippen MR) is 38.3 cm³/mol. The molecular weight excluding hydrogens is 110 g/mol. The van der Waals surface area contributed by atoms with Crippen LogP contribution in [0.5, 0.6) is 0 Å². The lowest BCUT2D eigenvalue weighted by Crippen LogP contribution is -2.38. The molecule has 2 atom stereocenters. The first-order valence-electron chi connectivity index (χ1n) is 4.08. The molecule has 0 amide bonds. The van der Waals surface area contributed by atoms with E-state index in [9.17, 15) is 0 Å². The average molecular weight is 125 g/mol. The topological polar surface area (TPSA) is 12.0 Å². The van der Waals surface area contributed by atoms with Crippen LogP contribution >= 0.6 is 0 Å². The second-order valence-electron chi connectivity index (χ2n) is 3.58. The van der Waals surface area contributed by atoms with Gasteiger partial charge in [-0.25, -0.2) is 0 Å². The SMILES string of the molecule is CCC12CCC1CNC2. The molecule has 2 rings (SSSR count). The minimum atomic E-state index is 0.764. The van der Waals surface area contributed by atoms with Crippen LogP contribution in [0.1, 0.15) is 26.2 Å². The minimum Gasteiger partial charge on any atom is -0.316 e. The Morgan fingerprint density at radius 3 is 2.89 bits per heavy atom. The zero-order valence-electron chi connectivity index (χ0n) is 6.11. The summed E-state index contributed by atoms with van der Waals surface area (Å²) in [6, 6.07) is 0. The van der Waals surface area contributed by atoms with Gasteiger partial charge in [-0.1, -0.05) is 6.92 Å². The fourth-order valence-corrected chi connectivity index (χ4v) is 2.39. The van der Waals surface area contributed by atoms with E-state index in [2.05, 4.69) is 12.2 Å². The van der Waals surface area contributed by atoms with Crippen molar-refractivity contribution in [2.45, 2.75) is 26.2 Å². The van der Waals surface area contributed by atoms with Crippen LogP contribution in [0.15, 0.2) is 0 Å². The van der Waals surface area contributed by atoms with Crippen molar-refractivity contribution in [3.8, 4) is 0 Å². The molecule has 1 N–H and O–H groups in total. The number of nitrogens with one attached hydrogen (secondary N) is 1. The summed E-state index contributed by atoms with van der Waals surface area (Å²) in [7, 11) is 0. The zero-order chi connectivity index (χ0) is 6.32. The molecule has 9 heavy (non-hydrogen) atoms. The minimum absolute atomic E-state index is 0.764. The second kappa shape index (κ2) is 1.72. The molecule has 0 aromatic heterocycles. The van der Waals surface area contributed by atoms with Gasteiger partial charge in [0.1, 0.15) is 0 Å². The number of hydrogen-bond donors (Lipinski definition) is 1. The summed E-state index contributed by atoms with van der Waals surface area (Å²) >= 11 is 0. The highest BCUT2D eigenvalue weighted by Gasteiger charge is 2.47. The van der Waals surface area contributed by atoms with E-state index in [1.54, 1.807) is 0 Å². The van der Waals surface area contributed by atoms with Crippen molar-refractivity contribution in [1.82, 2.24) is 5.32 Å². The van der Waals surface area contributed by atoms with Crippen molar-refractivity contribution in [3.63, 3.8) is 0 Å². The third kappa shape index (κ3) is 0.586. The van der Waals surface area contributed by atoms with Gasteiger partial charge < -0.3 is 5.32 Å². The van der Waals surface area contributed by atoms with Gasteiger partial charge in [0.15, 0.2) is 0 Å². The highest BCUT2D eigenvalue weighted by molar-refractivity contribution is 5.01. The Kier molecular flexibility index (Phi) is 1.10. The molecule has 52 valence electrons. The molecule has 1 heteroatoms. The molecule has 2 aliphatic rings. The summed E-state index contributed by atoms with van der Waals surface area (Å²) in [6.07, 6.45) is 4.37. The van der Waals surface area contributed by atoms with E-state index in [0.29, 0.717) is 0 Å². The highest BCUT2D eigenvalue weighted by Crippen LogP contribution is 2.51. The first-order valence-corrected chi connectivity index (χ1v) is 4.08. The summed E-state index contributed by atoms with van der Waals surface area (Å²) in [6.45, 7) is 4.93. The maximum absolute atomic E-state index is 3.48.